The Kier molecular flexibility index (Phi) is 5.67. The zero-order valence-corrected chi connectivity index (χ0v) is 16.3. The van der Waals surface area contributed by atoms with Crippen LogP contribution in [0, 0.1) is 0 Å². The minimum atomic E-state index is -0.161. The lowest BCUT2D eigenvalue weighted by molar-refractivity contribution is -0.115. The number of fused-ring (bicyclic) bond motifs is 1. The topological polar surface area (TPSA) is 77.1 Å². The summed E-state index contributed by atoms with van der Waals surface area (Å²) in [6, 6.07) is 12.6. The van der Waals surface area contributed by atoms with E-state index in [4.69, 9.17) is 14.2 Å². The third kappa shape index (κ3) is 4.51. The van der Waals surface area contributed by atoms with E-state index in [0.29, 0.717) is 55.7 Å². The molecule has 0 aromatic heterocycles. The van der Waals surface area contributed by atoms with Gasteiger partial charge in [0, 0.05) is 17.8 Å². The molecule has 29 heavy (non-hydrogen) atoms. The maximum Gasteiger partial charge on any atom is 0.254 e. The lowest BCUT2D eigenvalue weighted by Crippen LogP contribution is -2.47. The second-order valence-corrected chi connectivity index (χ2v) is 7.21. The molecule has 0 radical (unpaired) electrons. The van der Waals surface area contributed by atoms with E-state index >= 15 is 0 Å². The van der Waals surface area contributed by atoms with Gasteiger partial charge >= 0.3 is 0 Å². The lowest BCUT2D eigenvalue weighted by Gasteiger charge is -2.33. The van der Waals surface area contributed by atoms with Crippen LogP contribution in [-0.2, 0) is 16.0 Å². The van der Waals surface area contributed by atoms with Gasteiger partial charge in [-0.1, -0.05) is 12.1 Å². The molecule has 7 heteroatoms. The summed E-state index contributed by atoms with van der Waals surface area (Å²) in [5, 5.41) is 2.87. The molecule has 4 rings (SSSR count). The fourth-order valence-electron chi connectivity index (χ4n) is 3.51. The normalized spacial score (nSPS) is 18.2. The lowest BCUT2D eigenvalue weighted by atomic mass is 10.1. The molecule has 2 aromatic carbocycles. The first-order valence-corrected chi connectivity index (χ1v) is 9.77. The van der Waals surface area contributed by atoms with E-state index in [1.54, 1.807) is 29.2 Å². The van der Waals surface area contributed by atoms with Gasteiger partial charge in [0.25, 0.3) is 5.91 Å². The number of benzene rings is 2. The number of hydrogen-bond acceptors (Lipinski definition) is 5. The zero-order valence-electron chi connectivity index (χ0n) is 16.3. The molecule has 7 nitrogen and oxygen atoms in total. The standard InChI is InChI=1S/C22H24N2O5/c1-15-14-27-8-7-24(15)22(26)17-3-2-4-18(13-17)23-21(25)12-16-5-6-19-20(11-16)29-10-9-28-19/h2-6,11,13,15H,7-10,12,14H2,1H3,(H,23,25). The molecule has 2 heterocycles. The fraction of sp³-hybridized carbons (Fsp3) is 0.364. The largest absolute Gasteiger partial charge is 0.486 e. The van der Waals surface area contributed by atoms with Gasteiger partial charge in [-0.3, -0.25) is 9.59 Å². The number of carbonyl (C=O) groups excluding carboxylic acids is 2. The molecular weight excluding hydrogens is 372 g/mol. The van der Waals surface area contributed by atoms with Gasteiger partial charge in [0.05, 0.1) is 25.7 Å². The predicted octanol–water partition coefficient (Wildman–Crippen LogP) is 2.50. The average molecular weight is 396 g/mol. The quantitative estimate of drug-likeness (QED) is 0.859. The Labute approximate surface area is 169 Å². The number of nitrogens with zero attached hydrogens (tertiary/aromatic N) is 1. The number of anilines is 1. The van der Waals surface area contributed by atoms with E-state index < -0.39 is 0 Å². The summed E-state index contributed by atoms with van der Waals surface area (Å²) in [7, 11) is 0. The summed E-state index contributed by atoms with van der Waals surface area (Å²) in [6.07, 6.45) is 0.204. The van der Waals surface area contributed by atoms with Crippen LogP contribution in [-0.4, -0.2) is 55.7 Å². The Balaban J connectivity index is 1.41. The highest BCUT2D eigenvalue weighted by molar-refractivity contribution is 5.97. The van der Waals surface area contributed by atoms with Gasteiger partial charge in [0.2, 0.25) is 5.91 Å². The highest BCUT2D eigenvalue weighted by atomic mass is 16.6. The Morgan fingerprint density at radius 1 is 1.07 bits per heavy atom. The molecule has 1 unspecified atom stereocenters. The van der Waals surface area contributed by atoms with Crippen LogP contribution in [0.1, 0.15) is 22.8 Å². The van der Waals surface area contributed by atoms with Crippen molar-refractivity contribution in [2.24, 2.45) is 0 Å². The van der Waals surface area contributed by atoms with Crippen molar-refractivity contribution in [2.75, 3.05) is 38.3 Å². The predicted molar refractivity (Wildman–Crippen MR) is 108 cm³/mol. The van der Waals surface area contributed by atoms with Crippen molar-refractivity contribution in [2.45, 2.75) is 19.4 Å². The van der Waals surface area contributed by atoms with Crippen molar-refractivity contribution in [3.8, 4) is 11.5 Å². The summed E-state index contributed by atoms with van der Waals surface area (Å²) < 4.78 is 16.5. The van der Waals surface area contributed by atoms with E-state index in [1.165, 1.54) is 0 Å². The van der Waals surface area contributed by atoms with E-state index in [9.17, 15) is 9.59 Å². The molecule has 0 saturated carbocycles. The molecule has 1 fully saturated rings. The molecular formula is C22H24N2O5. The number of rotatable bonds is 4. The van der Waals surface area contributed by atoms with Crippen LogP contribution in [0.25, 0.3) is 0 Å². The van der Waals surface area contributed by atoms with E-state index in [1.807, 2.05) is 25.1 Å². The minimum Gasteiger partial charge on any atom is -0.486 e. The first kappa shape index (κ1) is 19.3. The van der Waals surface area contributed by atoms with Crippen LogP contribution in [0.2, 0.25) is 0 Å². The number of carbonyl (C=O) groups is 2. The molecule has 0 spiro atoms. The molecule has 0 bridgehead atoms. The Morgan fingerprint density at radius 2 is 1.90 bits per heavy atom. The zero-order chi connectivity index (χ0) is 20.2. The Bertz CT molecular complexity index is 914. The van der Waals surface area contributed by atoms with Crippen LogP contribution in [0.15, 0.2) is 42.5 Å². The summed E-state index contributed by atoms with van der Waals surface area (Å²) >= 11 is 0. The van der Waals surface area contributed by atoms with Crippen molar-refractivity contribution in [1.29, 1.82) is 0 Å². The van der Waals surface area contributed by atoms with Gasteiger partial charge < -0.3 is 24.4 Å². The number of ether oxygens (including phenoxy) is 3. The highest BCUT2D eigenvalue weighted by Crippen LogP contribution is 2.31. The summed E-state index contributed by atoms with van der Waals surface area (Å²) in [4.78, 5) is 27.1. The van der Waals surface area contributed by atoms with E-state index in [2.05, 4.69) is 5.32 Å². The second-order valence-electron chi connectivity index (χ2n) is 7.21. The van der Waals surface area contributed by atoms with Crippen LogP contribution in [0.3, 0.4) is 0 Å². The van der Waals surface area contributed by atoms with Crippen LogP contribution in [0.4, 0.5) is 5.69 Å². The van der Waals surface area contributed by atoms with Gasteiger partial charge in [-0.25, -0.2) is 0 Å². The number of morpholine rings is 1. The van der Waals surface area contributed by atoms with E-state index in [-0.39, 0.29) is 24.3 Å². The SMILES string of the molecule is CC1COCCN1C(=O)c1cccc(NC(=O)Cc2ccc3c(c2)OCCO3)c1. The van der Waals surface area contributed by atoms with Crippen LogP contribution < -0.4 is 14.8 Å². The fourth-order valence-corrected chi connectivity index (χ4v) is 3.51. The van der Waals surface area contributed by atoms with Crippen LogP contribution >= 0.6 is 0 Å². The second kappa shape index (κ2) is 8.53. The first-order chi connectivity index (χ1) is 14.1. The Hall–Kier alpha value is -3.06. The molecule has 1 atom stereocenters. The molecule has 152 valence electrons. The molecule has 2 aliphatic heterocycles. The maximum atomic E-state index is 12.8. The smallest absolute Gasteiger partial charge is 0.254 e. The number of amides is 2. The van der Waals surface area contributed by atoms with Gasteiger partial charge in [-0.05, 0) is 42.8 Å². The van der Waals surface area contributed by atoms with Gasteiger partial charge in [0.1, 0.15) is 13.2 Å². The first-order valence-electron chi connectivity index (χ1n) is 9.77. The van der Waals surface area contributed by atoms with Gasteiger partial charge in [-0.15, -0.1) is 0 Å². The average Bonchev–Trinajstić information content (AvgIpc) is 2.73. The molecule has 0 aliphatic carbocycles. The third-order valence-electron chi connectivity index (χ3n) is 4.99. The number of hydrogen-bond donors (Lipinski definition) is 1. The Morgan fingerprint density at radius 3 is 2.72 bits per heavy atom. The molecule has 1 N–H and O–H groups in total. The summed E-state index contributed by atoms with van der Waals surface area (Å²) in [5.41, 5.74) is 1.98. The van der Waals surface area contributed by atoms with Crippen molar-refractivity contribution >= 4 is 17.5 Å². The molecule has 2 aliphatic rings. The highest BCUT2D eigenvalue weighted by Gasteiger charge is 2.25. The van der Waals surface area contributed by atoms with Gasteiger partial charge in [0.15, 0.2) is 11.5 Å². The van der Waals surface area contributed by atoms with Crippen molar-refractivity contribution in [1.82, 2.24) is 4.90 Å². The van der Waals surface area contributed by atoms with Crippen molar-refractivity contribution < 1.29 is 23.8 Å². The van der Waals surface area contributed by atoms with Crippen molar-refractivity contribution in [3.63, 3.8) is 0 Å². The van der Waals surface area contributed by atoms with Crippen molar-refractivity contribution in [3.05, 3.63) is 53.6 Å². The minimum absolute atomic E-state index is 0.0321. The van der Waals surface area contributed by atoms with Crippen LogP contribution in [0.5, 0.6) is 11.5 Å². The molecule has 2 amide bonds. The summed E-state index contributed by atoms with van der Waals surface area (Å²) in [6.45, 7) is 4.66. The monoisotopic (exact) mass is 396 g/mol. The number of nitrogens with one attached hydrogen (secondary N) is 1. The maximum absolute atomic E-state index is 12.8. The molecule has 1 saturated heterocycles. The summed E-state index contributed by atoms with van der Waals surface area (Å²) in [5.74, 6) is 1.15. The third-order valence-corrected chi connectivity index (χ3v) is 4.99. The van der Waals surface area contributed by atoms with Gasteiger partial charge in [-0.2, -0.15) is 0 Å². The van der Waals surface area contributed by atoms with E-state index in [0.717, 1.165) is 5.56 Å². The molecule has 2 aromatic rings.